The van der Waals surface area contributed by atoms with Crippen LogP contribution in [0.3, 0.4) is 0 Å². The zero-order valence-electron chi connectivity index (χ0n) is 16.3. The van der Waals surface area contributed by atoms with E-state index in [1.54, 1.807) is 0 Å². The zero-order chi connectivity index (χ0) is 19.2. The molecule has 2 amide bonds. The lowest BCUT2D eigenvalue weighted by molar-refractivity contribution is 0.251. The summed E-state index contributed by atoms with van der Waals surface area (Å²) in [5.41, 5.74) is 5.39. The molecule has 1 saturated heterocycles. The van der Waals surface area contributed by atoms with Crippen molar-refractivity contribution in [2.45, 2.75) is 13.5 Å². The molecule has 2 N–H and O–H groups in total. The number of carbonyl (C=O) groups excluding carboxylic acids is 1. The third-order valence-electron chi connectivity index (χ3n) is 4.74. The molecule has 6 heteroatoms. The van der Waals surface area contributed by atoms with Crippen LogP contribution in [0, 0.1) is 6.92 Å². The van der Waals surface area contributed by atoms with Crippen LogP contribution in [0.2, 0.25) is 0 Å². The van der Waals surface area contributed by atoms with Gasteiger partial charge in [-0.3, -0.25) is 0 Å². The highest BCUT2D eigenvalue weighted by atomic mass is 32.2. The third-order valence-corrected chi connectivity index (χ3v) is 5.68. The Morgan fingerprint density at radius 1 is 1.11 bits per heavy atom. The molecule has 1 heterocycles. The number of benzene rings is 2. The number of thioether (sulfide) groups is 1. The molecule has 0 aliphatic carbocycles. The molecule has 3 rings (SSSR count). The number of carbonyl (C=O) groups is 1. The maximum Gasteiger partial charge on any atom is 0.319 e. The van der Waals surface area contributed by atoms with E-state index in [0.717, 1.165) is 35.6 Å². The van der Waals surface area contributed by atoms with E-state index in [4.69, 9.17) is 0 Å². The molecule has 0 unspecified atom stereocenters. The number of hydrogen-bond donors (Lipinski definition) is 2. The molecule has 1 aliphatic heterocycles. The molecule has 0 radical (unpaired) electrons. The Hall–Kier alpha value is -2.34. The van der Waals surface area contributed by atoms with Gasteiger partial charge in [0.1, 0.15) is 0 Å². The van der Waals surface area contributed by atoms with Crippen LogP contribution in [0.1, 0.15) is 11.1 Å². The van der Waals surface area contributed by atoms with Crippen molar-refractivity contribution in [1.82, 2.24) is 5.32 Å². The predicted octanol–water partition coefficient (Wildman–Crippen LogP) is 3.94. The second-order valence-corrected chi connectivity index (χ2v) is 8.19. The summed E-state index contributed by atoms with van der Waals surface area (Å²) < 4.78 is 0. The number of aryl methyl sites for hydroxylation is 1. The zero-order valence-corrected chi connectivity index (χ0v) is 17.1. The van der Waals surface area contributed by atoms with Gasteiger partial charge in [-0.05, 0) is 48.4 Å². The van der Waals surface area contributed by atoms with E-state index < -0.39 is 0 Å². The third kappa shape index (κ3) is 5.32. The lowest BCUT2D eigenvalue weighted by atomic mass is 10.1. The van der Waals surface area contributed by atoms with Gasteiger partial charge in [0.25, 0.3) is 0 Å². The summed E-state index contributed by atoms with van der Waals surface area (Å²) >= 11 is 2.01. The summed E-state index contributed by atoms with van der Waals surface area (Å²) in [4.78, 5) is 16.7. The van der Waals surface area contributed by atoms with Crippen LogP contribution in [0.4, 0.5) is 21.9 Å². The van der Waals surface area contributed by atoms with E-state index in [0.29, 0.717) is 6.54 Å². The van der Waals surface area contributed by atoms with E-state index in [1.165, 1.54) is 17.2 Å². The second-order valence-electron chi connectivity index (χ2n) is 6.97. The SMILES string of the molecule is Cc1cc(N2CCSCC2)ccc1NC(=O)NCc1ccc(N(C)C)cc1. The van der Waals surface area contributed by atoms with Gasteiger partial charge in [0.2, 0.25) is 0 Å². The molecule has 0 aromatic heterocycles. The van der Waals surface area contributed by atoms with Crippen molar-refractivity contribution >= 4 is 34.9 Å². The Balaban J connectivity index is 1.54. The molecular weight excluding hydrogens is 356 g/mol. The van der Waals surface area contributed by atoms with Crippen LogP contribution in [0.25, 0.3) is 0 Å². The minimum absolute atomic E-state index is 0.183. The largest absolute Gasteiger partial charge is 0.378 e. The lowest BCUT2D eigenvalue weighted by Crippen LogP contribution is -2.32. The molecule has 2 aromatic carbocycles. The van der Waals surface area contributed by atoms with Crippen LogP contribution in [0.5, 0.6) is 0 Å². The first-order valence-electron chi connectivity index (χ1n) is 9.27. The van der Waals surface area contributed by atoms with Gasteiger partial charge in [-0.1, -0.05) is 12.1 Å². The van der Waals surface area contributed by atoms with Gasteiger partial charge >= 0.3 is 6.03 Å². The molecule has 1 fully saturated rings. The number of amides is 2. The van der Waals surface area contributed by atoms with E-state index in [-0.39, 0.29) is 6.03 Å². The van der Waals surface area contributed by atoms with E-state index in [9.17, 15) is 4.79 Å². The van der Waals surface area contributed by atoms with Crippen molar-refractivity contribution in [2.24, 2.45) is 0 Å². The standard InChI is InChI=1S/C21H28N4OS/c1-16-14-19(25-10-12-27-13-11-25)8-9-20(16)23-21(26)22-15-17-4-6-18(7-5-17)24(2)3/h4-9,14H,10-13,15H2,1-3H3,(H2,22,23,26). The van der Waals surface area contributed by atoms with Gasteiger partial charge < -0.3 is 20.4 Å². The van der Waals surface area contributed by atoms with Crippen LogP contribution in [-0.4, -0.2) is 44.7 Å². The molecule has 1 aliphatic rings. The van der Waals surface area contributed by atoms with Gasteiger partial charge in [-0.15, -0.1) is 0 Å². The summed E-state index contributed by atoms with van der Waals surface area (Å²) in [6.07, 6.45) is 0. The lowest BCUT2D eigenvalue weighted by Gasteiger charge is -2.29. The van der Waals surface area contributed by atoms with Crippen molar-refractivity contribution in [3.05, 3.63) is 53.6 Å². The number of urea groups is 1. The molecule has 27 heavy (non-hydrogen) atoms. The van der Waals surface area contributed by atoms with Gasteiger partial charge in [0.15, 0.2) is 0 Å². The van der Waals surface area contributed by atoms with Crippen molar-refractivity contribution < 1.29 is 4.79 Å². The Morgan fingerprint density at radius 3 is 2.44 bits per heavy atom. The first-order valence-corrected chi connectivity index (χ1v) is 10.4. The molecule has 0 bridgehead atoms. The highest BCUT2D eigenvalue weighted by molar-refractivity contribution is 7.99. The van der Waals surface area contributed by atoms with Crippen molar-refractivity contribution in [2.75, 3.05) is 53.8 Å². The second kappa shape index (κ2) is 9.04. The van der Waals surface area contributed by atoms with Gasteiger partial charge in [-0.2, -0.15) is 11.8 Å². The fraction of sp³-hybridized carbons (Fsp3) is 0.381. The highest BCUT2D eigenvalue weighted by Crippen LogP contribution is 2.25. The minimum Gasteiger partial charge on any atom is -0.378 e. The maximum absolute atomic E-state index is 12.3. The molecule has 2 aromatic rings. The first-order chi connectivity index (χ1) is 13.0. The summed E-state index contributed by atoms with van der Waals surface area (Å²) in [5, 5.41) is 5.88. The first kappa shape index (κ1) is 19.4. The van der Waals surface area contributed by atoms with Crippen LogP contribution >= 0.6 is 11.8 Å². The summed E-state index contributed by atoms with van der Waals surface area (Å²) in [7, 11) is 4.02. The van der Waals surface area contributed by atoms with Crippen LogP contribution < -0.4 is 20.4 Å². The molecule has 0 spiro atoms. The summed E-state index contributed by atoms with van der Waals surface area (Å²) in [6.45, 7) is 4.72. The number of hydrogen-bond acceptors (Lipinski definition) is 4. The van der Waals surface area contributed by atoms with E-state index in [1.807, 2.05) is 51.0 Å². The fourth-order valence-corrected chi connectivity index (χ4v) is 3.97. The average molecular weight is 385 g/mol. The van der Waals surface area contributed by atoms with Crippen molar-refractivity contribution in [3.8, 4) is 0 Å². The Labute approximate surface area is 166 Å². The fourth-order valence-electron chi connectivity index (χ4n) is 3.07. The smallest absolute Gasteiger partial charge is 0.319 e. The van der Waals surface area contributed by atoms with Crippen LogP contribution in [0.15, 0.2) is 42.5 Å². The number of nitrogens with one attached hydrogen (secondary N) is 2. The number of nitrogens with zero attached hydrogens (tertiary/aromatic N) is 2. The van der Waals surface area contributed by atoms with Gasteiger partial charge in [-0.25, -0.2) is 4.79 Å². The van der Waals surface area contributed by atoms with Gasteiger partial charge in [0.05, 0.1) is 0 Å². The molecule has 0 saturated carbocycles. The Bertz CT molecular complexity index is 770. The predicted molar refractivity (Wildman–Crippen MR) is 117 cm³/mol. The Kier molecular flexibility index (Phi) is 6.50. The van der Waals surface area contributed by atoms with Crippen LogP contribution in [-0.2, 0) is 6.54 Å². The molecule has 0 atom stereocenters. The monoisotopic (exact) mass is 384 g/mol. The maximum atomic E-state index is 12.3. The molecule has 144 valence electrons. The summed E-state index contributed by atoms with van der Waals surface area (Å²) in [6, 6.07) is 14.2. The quantitative estimate of drug-likeness (QED) is 0.820. The molecule has 5 nitrogen and oxygen atoms in total. The van der Waals surface area contributed by atoms with Crippen molar-refractivity contribution in [3.63, 3.8) is 0 Å². The van der Waals surface area contributed by atoms with Gasteiger partial charge in [0, 0.05) is 62.3 Å². The topological polar surface area (TPSA) is 47.6 Å². The van der Waals surface area contributed by atoms with Crippen molar-refractivity contribution in [1.29, 1.82) is 0 Å². The molecular formula is C21H28N4OS. The van der Waals surface area contributed by atoms with E-state index >= 15 is 0 Å². The van der Waals surface area contributed by atoms with E-state index in [2.05, 4.69) is 44.7 Å². The minimum atomic E-state index is -0.183. The normalized spacial score (nSPS) is 14.0. The average Bonchev–Trinajstić information content (AvgIpc) is 2.69. The summed E-state index contributed by atoms with van der Waals surface area (Å²) in [5.74, 6) is 2.36. The number of rotatable bonds is 5. The number of anilines is 3. The Morgan fingerprint density at radius 2 is 1.81 bits per heavy atom. The highest BCUT2D eigenvalue weighted by Gasteiger charge is 2.12.